The highest BCUT2D eigenvalue weighted by atomic mass is 35.5. The van der Waals surface area contributed by atoms with E-state index < -0.39 is 0 Å². The van der Waals surface area contributed by atoms with Crippen LogP contribution in [0.1, 0.15) is 15.9 Å². The van der Waals surface area contributed by atoms with Crippen LogP contribution in [0.4, 0.5) is 4.39 Å². The van der Waals surface area contributed by atoms with Gasteiger partial charge in [0.2, 0.25) is 0 Å². The van der Waals surface area contributed by atoms with Gasteiger partial charge in [-0.3, -0.25) is 4.79 Å². The molecule has 0 heterocycles. The molecular weight excluding hydrogens is 300 g/mol. The molecule has 0 saturated heterocycles. The van der Waals surface area contributed by atoms with Crippen molar-refractivity contribution in [2.45, 2.75) is 6.42 Å². The lowest BCUT2D eigenvalue weighted by atomic mass is 10.1. The molecule has 20 heavy (non-hydrogen) atoms. The SMILES string of the molecule is O=C(NCCc1ccc(F)cc1)c1cc(Cl)ccc1Cl. The molecule has 2 rings (SSSR count). The number of halogens is 3. The first-order chi connectivity index (χ1) is 9.56. The number of hydrogen-bond acceptors (Lipinski definition) is 1. The molecule has 0 aliphatic rings. The third-order valence-corrected chi connectivity index (χ3v) is 3.35. The van der Waals surface area contributed by atoms with Crippen LogP contribution >= 0.6 is 23.2 Å². The Hall–Kier alpha value is -1.58. The standard InChI is InChI=1S/C15H12Cl2FNO/c16-11-3-6-14(17)13(9-11)15(20)19-8-7-10-1-4-12(18)5-2-10/h1-6,9H,7-8H2,(H,19,20). The monoisotopic (exact) mass is 311 g/mol. The Morgan fingerprint density at radius 1 is 1.10 bits per heavy atom. The molecule has 0 atom stereocenters. The number of carbonyl (C=O) groups excluding carboxylic acids is 1. The van der Waals surface area contributed by atoms with Crippen molar-refractivity contribution in [3.8, 4) is 0 Å². The first-order valence-corrected chi connectivity index (χ1v) is 6.79. The summed E-state index contributed by atoms with van der Waals surface area (Å²) in [6.45, 7) is 0.438. The zero-order valence-corrected chi connectivity index (χ0v) is 12.0. The molecule has 1 N–H and O–H groups in total. The zero-order valence-electron chi connectivity index (χ0n) is 10.5. The fourth-order valence-electron chi connectivity index (χ4n) is 1.74. The lowest BCUT2D eigenvalue weighted by Gasteiger charge is -2.07. The summed E-state index contributed by atoms with van der Waals surface area (Å²) in [5.41, 5.74) is 1.29. The summed E-state index contributed by atoms with van der Waals surface area (Å²) in [4.78, 5) is 11.9. The summed E-state index contributed by atoms with van der Waals surface area (Å²) < 4.78 is 12.7. The topological polar surface area (TPSA) is 29.1 Å². The minimum absolute atomic E-state index is 0.275. The van der Waals surface area contributed by atoms with E-state index in [9.17, 15) is 9.18 Å². The lowest BCUT2D eigenvalue weighted by molar-refractivity contribution is 0.0954. The molecule has 0 aliphatic carbocycles. The molecule has 5 heteroatoms. The molecular formula is C15H12Cl2FNO. The summed E-state index contributed by atoms with van der Waals surface area (Å²) in [6, 6.07) is 10.9. The van der Waals surface area contributed by atoms with Crippen LogP contribution in [0.2, 0.25) is 10.0 Å². The van der Waals surface area contributed by atoms with Crippen LogP contribution in [0, 0.1) is 5.82 Å². The van der Waals surface area contributed by atoms with Crippen LogP contribution in [-0.4, -0.2) is 12.5 Å². The number of amides is 1. The van der Waals surface area contributed by atoms with Crippen LogP contribution in [-0.2, 0) is 6.42 Å². The minimum atomic E-state index is -0.278. The Labute approximate surface area is 126 Å². The van der Waals surface area contributed by atoms with Gasteiger partial charge in [0.05, 0.1) is 10.6 Å². The molecule has 104 valence electrons. The molecule has 0 aromatic heterocycles. The summed E-state index contributed by atoms with van der Waals surface area (Å²) in [5.74, 6) is -0.553. The summed E-state index contributed by atoms with van der Waals surface area (Å²) in [7, 11) is 0. The second-order valence-corrected chi connectivity index (χ2v) is 5.10. The van der Waals surface area contributed by atoms with Gasteiger partial charge in [-0.25, -0.2) is 4.39 Å². The van der Waals surface area contributed by atoms with Crippen molar-refractivity contribution in [1.82, 2.24) is 5.32 Å². The van der Waals surface area contributed by atoms with Crippen LogP contribution in [0.25, 0.3) is 0 Å². The molecule has 0 spiro atoms. The van der Waals surface area contributed by atoms with Gasteiger partial charge in [-0.05, 0) is 42.3 Å². The summed E-state index contributed by atoms with van der Waals surface area (Å²) >= 11 is 11.8. The maximum Gasteiger partial charge on any atom is 0.252 e. The second-order valence-electron chi connectivity index (χ2n) is 4.26. The normalized spacial score (nSPS) is 10.3. The Balaban J connectivity index is 1.92. The van der Waals surface area contributed by atoms with Crippen molar-refractivity contribution in [2.75, 3.05) is 6.54 Å². The molecule has 0 radical (unpaired) electrons. The third-order valence-electron chi connectivity index (χ3n) is 2.79. The van der Waals surface area contributed by atoms with Crippen molar-refractivity contribution in [3.05, 3.63) is 69.5 Å². The molecule has 0 fully saturated rings. The van der Waals surface area contributed by atoms with E-state index >= 15 is 0 Å². The average molecular weight is 312 g/mol. The van der Waals surface area contributed by atoms with Gasteiger partial charge in [-0.1, -0.05) is 35.3 Å². The highest BCUT2D eigenvalue weighted by molar-refractivity contribution is 6.35. The van der Waals surface area contributed by atoms with Gasteiger partial charge < -0.3 is 5.32 Å². The van der Waals surface area contributed by atoms with E-state index in [2.05, 4.69) is 5.32 Å². The molecule has 2 aromatic carbocycles. The minimum Gasteiger partial charge on any atom is -0.352 e. The predicted octanol–water partition coefficient (Wildman–Crippen LogP) is 4.11. The number of benzene rings is 2. The number of carbonyl (C=O) groups is 1. The number of nitrogens with one attached hydrogen (secondary N) is 1. The van der Waals surface area contributed by atoms with E-state index in [1.807, 2.05) is 0 Å². The number of hydrogen-bond donors (Lipinski definition) is 1. The Morgan fingerprint density at radius 3 is 2.50 bits per heavy atom. The smallest absolute Gasteiger partial charge is 0.252 e. The van der Waals surface area contributed by atoms with Crippen molar-refractivity contribution in [2.24, 2.45) is 0 Å². The van der Waals surface area contributed by atoms with E-state index in [0.717, 1.165) is 5.56 Å². The average Bonchev–Trinajstić information content (AvgIpc) is 2.43. The van der Waals surface area contributed by atoms with Gasteiger partial charge in [0.15, 0.2) is 0 Å². The van der Waals surface area contributed by atoms with E-state index in [0.29, 0.717) is 28.6 Å². The summed E-state index contributed by atoms with van der Waals surface area (Å²) in [6.07, 6.45) is 0.615. The second kappa shape index (κ2) is 6.73. The molecule has 0 saturated carbocycles. The first-order valence-electron chi connectivity index (χ1n) is 6.04. The van der Waals surface area contributed by atoms with Gasteiger partial charge in [0, 0.05) is 11.6 Å². The zero-order chi connectivity index (χ0) is 14.5. The van der Waals surface area contributed by atoms with Crippen molar-refractivity contribution in [3.63, 3.8) is 0 Å². The van der Waals surface area contributed by atoms with Crippen molar-refractivity contribution in [1.29, 1.82) is 0 Å². The highest BCUT2D eigenvalue weighted by Crippen LogP contribution is 2.20. The molecule has 1 amide bonds. The van der Waals surface area contributed by atoms with Gasteiger partial charge in [0.25, 0.3) is 5.91 Å². The van der Waals surface area contributed by atoms with Gasteiger partial charge in [-0.15, -0.1) is 0 Å². The van der Waals surface area contributed by atoms with E-state index in [1.54, 1.807) is 24.3 Å². The van der Waals surface area contributed by atoms with Crippen molar-refractivity contribution >= 4 is 29.1 Å². The molecule has 0 unspecified atom stereocenters. The predicted molar refractivity (Wildman–Crippen MR) is 78.9 cm³/mol. The van der Waals surface area contributed by atoms with Gasteiger partial charge in [-0.2, -0.15) is 0 Å². The molecule has 0 bridgehead atoms. The van der Waals surface area contributed by atoms with Crippen LogP contribution in [0.3, 0.4) is 0 Å². The third kappa shape index (κ3) is 3.95. The van der Waals surface area contributed by atoms with Gasteiger partial charge >= 0.3 is 0 Å². The molecule has 2 nitrogen and oxygen atoms in total. The largest absolute Gasteiger partial charge is 0.352 e. The maximum atomic E-state index is 12.7. The fraction of sp³-hybridized carbons (Fsp3) is 0.133. The molecule has 2 aromatic rings. The van der Waals surface area contributed by atoms with E-state index in [1.165, 1.54) is 18.2 Å². The molecule has 0 aliphatic heterocycles. The number of rotatable bonds is 4. The van der Waals surface area contributed by atoms with Crippen molar-refractivity contribution < 1.29 is 9.18 Å². The van der Waals surface area contributed by atoms with E-state index in [-0.39, 0.29) is 11.7 Å². The van der Waals surface area contributed by atoms with Crippen LogP contribution in [0.5, 0.6) is 0 Å². The summed E-state index contributed by atoms with van der Waals surface area (Å²) in [5, 5.41) is 3.57. The van der Waals surface area contributed by atoms with Gasteiger partial charge in [0.1, 0.15) is 5.82 Å². The quantitative estimate of drug-likeness (QED) is 0.904. The maximum absolute atomic E-state index is 12.7. The Bertz CT molecular complexity index is 614. The van der Waals surface area contributed by atoms with E-state index in [4.69, 9.17) is 23.2 Å². The Morgan fingerprint density at radius 2 is 1.80 bits per heavy atom. The highest BCUT2D eigenvalue weighted by Gasteiger charge is 2.10. The van der Waals surface area contributed by atoms with Crippen LogP contribution < -0.4 is 5.32 Å². The first kappa shape index (κ1) is 14.8. The van der Waals surface area contributed by atoms with Crippen LogP contribution in [0.15, 0.2) is 42.5 Å². The lowest BCUT2D eigenvalue weighted by Crippen LogP contribution is -2.26. The fourth-order valence-corrected chi connectivity index (χ4v) is 2.11. The Kier molecular flexibility index (Phi) is 4.99.